The van der Waals surface area contributed by atoms with Crippen LogP contribution in [0.4, 0.5) is 11.4 Å². The normalized spacial score (nSPS) is 14.0. The number of sulfonamides is 1. The zero-order valence-electron chi connectivity index (χ0n) is 21.6. The second kappa shape index (κ2) is 12.0. The summed E-state index contributed by atoms with van der Waals surface area (Å²) in [5, 5.41) is 3.14. The van der Waals surface area contributed by atoms with E-state index in [0.717, 1.165) is 35.6 Å². The van der Waals surface area contributed by atoms with Crippen molar-refractivity contribution < 1.29 is 18.0 Å². The van der Waals surface area contributed by atoms with Crippen molar-refractivity contribution in [1.82, 2.24) is 4.90 Å². The van der Waals surface area contributed by atoms with Crippen LogP contribution in [0, 0.1) is 13.8 Å². The summed E-state index contributed by atoms with van der Waals surface area (Å²) >= 11 is 6.22. The van der Waals surface area contributed by atoms with Gasteiger partial charge in [-0.05, 0) is 68.7 Å². The van der Waals surface area contributed by atoms with Crippen molar-refractivity contribution in [3.8, 4) is 0 Å². The fourth-order valence-electron chi connectivity index (χ4n) is 4.53. The number of benzene rings is 3. The Kier molecular flexibility index (Phi) is 8.74. The van der Waals surface area contributed by atoms with Gasteiger partial charge >= 0.3 is 0 Å². The van der Waals surface area contributed by atoms with Gasteiger partial charge in [-0.15, -0.1) is 0 Å². The van der Waals surface area contributed by atoms with E-state index >= 15 is 0 Å². The third kappa shape index (κ3) is 6.37. The topological polar surface area (TPSA) is 86.8 Å². The summed E-state index contributed by atoms with van der Waals surface area (Å²) in [6.45, 7) is 4.49. The lowest BCUT2D eigenvalue weighted by molar-refractivity contribution is -0.114. The van der Waals surface area contributed by atoms with E-state index in [9.17, 15) is 18.0 Å². The average Bonchev–Trinajstić information content (AvgIpc) is 3.19. The number of nitrogens with one attached hydrogen (secondary N) is 1. The molecule has 200 valence electrons. The van der Waals surface area contributed by atoms with Crippen LogP contribution in [-0.2, 0) is 14.8 Å². The first kappa shape index (κ1) is 27.7. The Morgan fingerprint density at radius 1 is 0.921 bits per heavy atom. The molecule has 3 aromatic carbocycles. The summed E-state index contributed by atoms with van der Waals surface area (Å²) in [5.41, 5.74) is 2.60. The Morgan fingerprint density at radius 2 is 1.58 bits per heavy atom. The molecule has 1 heterocycles. The molecule has 3 aromatic rings. The molecule has 0 aromatic heterocycles. The summed E-state index contributed by atoms with van der Waals surface area (Å²) < 4.78 is 28.6. The van der Waals surface area contributed by atoms with Crippen molar-refractivity contribution in [3.63, 3.8) is 0 Å². The Balaban J connectivity index is 1.64. The van der Waals surface area contributed by atoms with Gasteiger partial charge in [0.1, 0.15) is 6.54 Å². The van der Waals surface area contributed by atoms with Crippen LogP contribution in [-0.4, -0.2) is 44.8 Å². The number of aryl methyl sites for hydroxylation is 2. The molecular formula is C29H32ClN3O4S. The van der Waals surface area contributed by atoms with Crippen molar-refractivity contribution in [1.29, 1.82) is 0 Å². The molecule has 7 nitrogen and oxygen atoms in total. The number of hydrogen-bond donors (Lipinski definition) is 1. The van der Waals surface area contributed by atoms with Gasteiger partial charge in [-0.3, -0.25) is 13.9 Å². The third-order valence-corrected chi connectivity index (χ3v) is 8.67. The lowest BCUT2D eigenvalue weighted by Crippen LogP contribution is -2.39. The van der Waals surface area contributed by atoms with Gasteiger partial charge in [0, 0.05) is 18.1 Å². The van der Waals surface area contributed by atoms with E-state index in [1.165, 1.54) is 18.2 Å². The highest BCUT2D eigenvalue weighted by Crippen LogP contribution is 2.30. The molecule has 0 unspecified atom stereocenters. The Hall–Kier alpha value is -3.36. The van der Waals surface area contributed by atoms with Gasteiger partial charge in [0.25, 0.3) is 15.9 Å². The van der Waals surface area contributed by atoms with Crippen LogP contribution >= 0.6 is 11.6 Å². The summed E-state index contributed by atoms with van der Waals surface area (Å²) in [4.78, 5) is 28.5. The maximum Gasteiger partial charge on any atom is 0.264 e. The molecule has 0 radical (unpaired) electrons. The number of carbonyl (C=O) groups excluding carboxylic acids is 2. The van der Waals surface area contributed by atoms with Gasteiger partial charge in [0.15, 0.2) is 0 Å². The smallest absolute Gasteiger partial charge is 0.264 e. The number of anilines is 2. The largest absolute Gasteiger partial charge is 0.339 e. The van der Waals surface area contributed by atoms with E-state index in [1.54, 1.807) is 55.5 Å². The van der Waals surface area contributed by atoms with Crippen LogP contribution in [0.15, 0.2) is 71.6 Å². The Bertz CT molecular complexity index is 1420. The summed E-state index contributed by atoms with van der Waals surface area (Å²) in [7, 11) is -4.11. The van der Waals surface area contributed by atoms with Crippen molar-refractivity contribution >= 4 is 44.8 Å². The fourth-order valence-corrected chi connectivity index (χ4v) is 6.17. The molecular weight excluding hydrogens is 522 g/mol. The van der Waals surface area contributed by atoms with Crippen molar-refractivity contribution in [2.45, 2.75) is 44.4 Å². The van der Waals surface area contributed by atoms with E-state index in [-0.39, 0.29) is 10.8 Å². The molecule has 2 amide bonds. The maximum absolute atomic E-state index is 13.8. The number of hydrogen-bond acceptors (Lipinski definition) is 4. The van der Waals surface area contributed by atoms with Crippen LogP contribution in [0.3, 0.4) is 0 Å². The van der Waals surface area contributed by atoms with Gasteiger partial charge in [-0.1, -0.05) is 60.3 Å². The van der Waals surface area contributed by atoms with Crippen LogP contribution < -0.4 is 9.62 Å². The molecule has 1 aliphatic rings. The monoisotopic (exact) mass is 553 g/mol. The molecule has 1 N–H and O–H groups in total. The number of carbonyl (C=O) groups is 2. The Labute approximate surface area is 229 Å². The average molecular weight is 554 g/mol. The number of halogens is 1. The van der Waals surface area contributed by atoms with E-state index in [1.807, 2.05) is 11.8 Å². The molecule has 9 heteroatoms. The summed E-state index contributed by atoms with van der Waals surface area (Å²) in [6.07, 6.45) is 4.09. The highest BCUT2D eigenvalue weighted by Gasteiger charge is 2.29. The number of amides is 2. The minimum atomic E-state index is -4.11. The highest BCUT2D eigenvalue weighted by molar-refractivity contribution is 7.92. The van der Waals surface area contributed by atoms with Gasteiger partial charge in [-0.25, -0.2) is 8.42 Å². The molecule has 0 spiro atoms. The number of likely N-dealkylation sites (tertiary alicyclic amines) is 1. The van der Waals surface area contributed by atoms with Crippen molar-refractivity contribution in [2.24, 2.45) is 0 Å². The second-order valence-corrected chi connectivity index (χ2v) is 11.9. The first-order chi connectivity index (χ1) is 18.2. The first-order valence-corrected chi connectivity index (χ1v) is 14.5. The maximum atomic E-state index is 13.8. The third-order valence-electron chi connectivity index (χ3n) is 6.66. The molecule has 38 heavy (non-hydrogen) atoms. The fraction of sp³-hybridized carbons (Fsp3) is 0.310. The molecule has 0 atom stereocenters. The SMILES string of the molecule is Cc1ccc(S(=O)(=O)N(CC(=O)Nc2ccccc2C(=O)N2CCCCCC2)c2cc(Cl)ccc2C)cc1. The minimum Gasteiger partial charge on any atom is -0.339 e. The van der Waals surface area contributed by atoms with Gasteiger partial charge in [0.2, 0.25) is 5.91 Å². The lowest BCUT2D eigenvalue weighted by atomic mass is 10.1. The second-order valence-electron chi connectivity index (χ2n) is 9.56. The summed E-state index contributed by atoms with van der Waals surface area (Å²) in [5.74, 6) is -0.714. The zero-order chi connectivity index (χ0) is 27.3. The zero-order valence-corrected chi connectivity index (χ0v) is 23.2. The van der Waals surface area contributed by atoms with Crippen LogP contribution in [0.2, 0.25) is 5.02 Å². The van der Waals surface area contributed by atoms with Crippen molar-refractivity contribution in [3.05, 3.63) is 88.4 Å². The van der Waals surface area contributed by atoms with Gasteiger partial charge < -0.3 is 10.2 Å². The number of rotatable bonds is 7. The molecule has 1 fully saturated rings. The van der Waals surface area contributed by atoms with E-state index in [0.29, 0.717) is 40.6 Å². The predicted molar refractivity (Wildman–Crippen MR) is 151 cm³/mol. The first-order valence-electron chi connectivity index (χ1n) is 12.7. The van der Waals surface area contributed by atoms with E-state index < -0.39 is 22.5 Å². The van der Waals surface area contributed by atoms with E-state index in [2.05, 4.69) is 5.32 Å². The molecule has 1 saturated heterocycles. The number of nitrogens with zero attached hydrogens (tertiary/aromatic N) is 2. The standard InChI is InChI=1S/C29H32ClN3O4S/c1-21-11-15-24(16-12-21)38(36,37)33(27-19-23(30)14-13-22(27)2)20-28(34)31-26-10-6-5-9-25(26)29(35)32-17-7-3-4-8-18-32/h5-6,9-16,19H,3-4,7-8,17-18,20H2,1-2H3,(H,31,34). The lowest BCUT2D eigenvalue weighted by Gasteiger charge is -2.26. The summed E-state index contributed by atoms with van der Waals surface area (Å²) in [6, 6.07) is 18.2. The minimum absolute atomic E-state index is 0.0621. The molecule has 0 bridgehead atoms. The van der Waals surface area contributed by atoms with Crippen molar-refractivity contribution in [2.75, 3.05) is 29.3 Å². The van der Waals surface area contributed by atoms with Crippen LogP contribution in [0.5, 0.6) is 0 Å². The van der Waals surface area contributed by atoms with Crippen LogP contribution in [0.25, 0.3) is 0 Å². The highest BCUT2D eigenvalue weighted by atomic mass is 35.5. The molecule has 0 saturated carbocycles. The molecule has 4 rings (SSSR count). The Morgan fingerprint density at radius 3 is 2.26 bits per heavy atom. The van der Waals surface area contributed by atoms with E-state index in [4.69, 9.17) is 11.6 Å². The molecule has 1 aliphatic heterocycles. The van der Waals surface area contributed by atoms with Gasteiger partial charge in [-0.2, -0.15) is 0 Å². The molecule has 0 aliphatic carbocycles. The van der Waals surface area contributed by atoms with Gasteiger partial charge in [0.05, 0.1) is 21.8 Å². The predicted octanol–water partition coefficient (Wildman–Crippen LogP) is 5.81. The number of para-hydroxylation sites is 1. The van der Waals surface area contributed by atoms with Crippen LogP contribution in [0.1, 0.15) is 47.2 Å². The quantitative estimate of drug-likeness (QED) is 0.400.